The predicted octanol–water partition coefficient (Wildman–Crippen LogP) is 4.19. The summed E-state index contributed by atoms with van der Waals surface area (Å²) in [6, 6.07) is 9.62. The highest BCUT2D eigenvalue weighted by atomic mass is 16.2. The van der Waals surface area contributed by atoms with Crippen molar-refractivity contribution in [3.05, 3.63) is 29.8 Å². The van der Waals surface area contributed by atoms with Crippen LogP contribution in [0.1, 0.15) is 53.0 Å². The molecule has 0 atom stereocenters. The van der Waals surface area contributed by atoms with Gasteiger partial charge in [0, 0.05) is 5.69 Å². The van der Waals surface area contributed by atoms with Gasteiger partial charge in [0.05, 0.1) is 6.07 Å². The van der Waals surface area contributed by atoms with Gasteiger partial charge in [-0.3, -0.25) is 0 Å². The molecule has 0 saturated carbocycles. The molecule has 0 heterocycles. The van der Waals surface area contributed by atoms with E-state index in [1.54, 1.807) is 0 Å². The Morgan fingerprint density at radius 2 is 1.67 bits per heavy atom. The largest absolute Gasteiger partial charge is 0.320 e. The molecule has 0 saturated heterocycles. The Bertz CT molecular complexity index is 516. The van der Waals surface area contributed by atoms with Crippen LogP contribution in [0, 0.1) is 11.3 Å². The van der Waals surface area contributed by atoms with E-state index in [0.717, 1.165) is 5.69 Å². The van der Waals surface area contributed by atoms with Crippen LogP contribution < -0.4 is 10.6 Å². The lowest BCUT2D eigenvalue weighted by atomic mass is 9.87. The molecule has 0 spiro atoms. The maximum atomic E-state index is 12.0. The maximum Gasteiger partial charge on any atom is 0.320 e. The number of rotatable bonds is 4. The van der Waals surface area contributed by atoms with Gasteiger partial charge in [-0.05, 0) is 36.0 Å². The van der Waals surface area contributed by atoms with E-state index in [1.165, 1.54) is 5.56 Å². The van der Waals surface area contributed by atoms with E-state index < -0.39 is 5.54 Å². The van der Waals surface area contributed by atoms with Crippen LogP contribution in [0.25, 0.3) is 0 Å². The van der Waals surface area contributed by atoms with Gasteiger partial charge >= 0.3 is 6.03 Å². The van der Waals surface area contributed by atoms with Crippen LogP contribution in [0.2, 0.25) is 0 Å². The predicted molar refractivity (Wildman–Crippen MR) is 86.2 cm³/mol. The van der Waals surface area contributed by atoms with Crippen molar-refractivity contribution in [1.82, 2.24) is 5.32 Å². The highest BCUT2D eigenvalue weighted by Gasteiger charge is 2.27. The molecule has 1 rings (SSSR count). The number of nitrogens with one attached hydrogen (secondary N) is 2. The second-order valence-electron chi connectivity index (χ2n) is 6.31. The number of urea groups is 1. The van der Waals surface area contributed by atoms with Crippen molar-refractivity contribution in [3.63, 3.8) is 0 Å². The van der Waals surface area contributed by atoms with Crippen LogP contribution >= 0.6 is 0 Å². The smallest absolute Gasteiger partial charge is 0.319 e. The molecule has 0 bridgehead atoms. The van der Waals surface area contributed by atoms with Crippen LogP contribution in [-0.2, 0) is 5.41 Å². The Hall–Kier alpha value is -2.02. The summed E-state index contributed by atoms with van der Waals surface area (Å²) in [4.78, 5) is 12.0. The van der Waals surface area contributed by atoms with Crippen molar-refractivity contribution < 1.29 is 4.79 Å². The van der Waals surface area contributed by atoms with E-state index in [2.05, 4.69) is 37.5 Å². The standard InChI is InChI=1S/C17H25N3O/c1-6-17(7-2,12-18)20-15(21)19-14-10-8-13(9-11-14)16(3,4)5/h8-11H,6-7H2,1-5H3,(H2,19,20,21). The first-order valence-corrected chi connectivity index (χ1v) is 7.37. The zero-order chi connectivity index (χ0) is 16.1. The number of anilines is 1. The van der Waals surface area contributed by atoms with Crippen LogP contribution in [0.3, 0.4) is 0 Å². The summed E-state index contributed by atoms with van der Waals surface area (Å²) in [5.41, 5.74) is 1.22. The summed E-state index contributed by atoms with van der Waals surface area (Å²) < 4.78 is 0. The fraction of sp³-hybridized carbons (Fsp3) is 0.529. The zero-order valence-corrected chi connectivity index (χ0v) is 13.6. The molecule has 0 aliphatic heterocycles. The van der Waals surface area contributed by atoms with E-state index in [0.29, 0.717) is 12.8 Å². The highest BCUT2D eigenvalue weighted by Crippen LogP contribution is 2.23. The van der Waals surface area contributed by atoms with Crippen molar-refractivity contribution in [2.24, 2.45) is 0 Å². The van der Waals surface area contributed by atoms with Crippen molar-refractivity contribution in [3.8, 4) is 6.07 Å². The summed E-state index contributed by atoms with van der Waals surface area (Å²) in [5.74, 6) is 0. The van der Waals surface area contributed by atoms with Crippen molar-refractivity contribution >= 4 is 11.7 Å². The number of carbonyl (C=O) groups is 1. The van der Waals surface area contributed by atoms with Crippen LogP contribution in [-0.4, -0.2) is 11.6 Å². The van der Waals surface area contributed by atoms with Crippen molar-refractivity contribution in [2.45, 2.75) is 58.4 Å². The zero-order valence-electron chi connectivity index (χ0n) is 13.6. The summed E-state index contributed by atoms with van der Waals surface area (Å²) in [5, 5.41) is 14.8. The minimum absolute atomic E-state index is 0.0845. The summed E-state index contributed by atoms with van der Waals surface area (Å²) in [6.07, 6.45) is 1.16. The van der Waals surface area contributed by atoms with Gasteiger partial charge in [0.2, 0.25) is 0 Å². The van der Waals surface area contributed by atoms with Crippen molar-refractivity contribution in [2.75, 3.05) is 5.32 Å². The molecule has 0 aliphatic rings. The molecule has 0 aliphatic carbocycles. The van der Waals surface area contributed by atoms with Gasteiger partial charge < -0.3 is 10.6 Å². The van der Waals surface area contributed by atoms with Gasteiger partial charge in [-0.25, -0.2) is 4.79 Å². The molecule has 0 radical (unpaired) electrons. The third kappa shape index (κ3) is 4.49. The van der Waals surface area contributed by atoms with Gasteiger partial charge in [-0.1, -0.05) is 46.8 Å². The second-order valence-corrected chi connectivity index (χ2v) is 6.31. The van der Waals surface area contributed by atoms with Gasteiger partial charge in [-0.15, -0.1) is 0 Å². The van der Waals surface area contributed by atoms with Crippen molar-refractivity contribution in [1.29, 1.82) is 5.26 Å². The SMILES string of the molecule is CCC(C#N)(CC)NC(=O)Nc1ccc(C(C)(C)C)cc1. The number of amides is 2. The van der Waals surface area contributed by atoms with E-state index >= 15 is 0 Å². The molecule has 2 N–H and O–H groups in total. The fourth-order valence-electron chi connectivity index (χ4n) is 2.05. The van der Waals surface area contributed by atoms with E-state index in [-0.39, 0.29) is 11.4 Å². The lowest BCUT2D eigenvalue weighted by Crippen LogP contribution is -2.48. The van der Waals surface area contributed by atoms with Crippen LogP contribution in [0.15, 0.2) is 24.3 Å². The first-order valence-electron chi connectivity index (χ1n) is 7.37. The van der Waals surface area contributed by atoms with E-state index in [9.17, 15) is 10.1 Å². The Labute approximate surface area is 127 Å². The number of hydrogen-bond acceptors (Lipinski definition) is 2. The fourth-order valence-corrected chi connectivity index (χ4v) is 2.05. The minimum atomic E-state index is -0.796. The number of hydrogen-bond donors (Lipinski definition) is 2. The molecule has 21 heavy (non-hydrogen) atoms. The summed E-state index contributed by atoms with van der Waals surface area (Å²) >= 11 is 0. The molecule has 4 nitrogen and oxygen atoms in total. The molecule has 1 aromatic carbocycles. The Morgan fingerprint density at radius 3 is 2.05 bits per heavy atom. The Balaban J connectivity index is 2.74. The normalized spacial score (nSPS) is 11.6. The summed E-state index contributed by atoms with van der Waals surface area (Å²) in [6.45, 7) is 10.2. The van der Waals surface area contributed by atoms with Gasteiger partial charge in [-0.2, -0.15) is 5.26 Å². The second kappa shape index (κ2) is 6.62. The lowest BCUT2D eigenvalue weighted by molar-refractivity contribution is 0.242. The Morgan fingerprint density at radius 1 is 1.14 bits per heavy atom. The molecular formula is C17H25N3O. The number of nitriles is 1. The Kier molecular flexibility index (Phi) is 5.37. The van der Waals surface area contributed by atoms with Crippen LogP contribution in [0.4, 0.5) is 10.5 Å². The third-order valence-corrected chi connectivity index (χ3v) is 3.78. The summed E-state index contributed by atoms with van der Waals surface area (Å²) in [7, 11) is 0. The number of carbonyl (C=O) groups excluding carboxylic acids is 1. The van der Waals surface area contributed by atoms with E-state index in [4.69, 9.17) is 0 Å². The number of benzene rings is 1. The molecule has 0 fully saturated rings. The maximum absolute atomic E-state index is 12.0. The molecule has 0 unspecified atom stereocenters. The average Bonchev–Trinajstić information content (AvgIpc) is 2.44. The molecule has 114 valence electrons. The van der Waals surface area contributed by atoms with Gasteiger partial charge in [0.25, 0.3) is 0 Å². The highest BCUT2D eigenvalue weighted by molar-refractivity contribution is 5.90. The molecule has 4 heteroatoms. The quantitative estimate of drug-likeness (QED) is 0.872. The average molecular weight is 287 g/mol. The molecular weight excluding hydrogens is 262 g/mol. The lowest BCUT2D eigenvalue weighted by Gasteiger charge is -2.25. The molecule has 0 aromatic heterocycles. The first-order chi connectivity index (χ1) is 9.76. The first kappa shape index (κ1) is 17.0. The molecule has 1 aromatic rings. The van der Waals surface area contributed by atoms with Gasteiger partial charge in [0.1, 0.15) is 5.54 Å². The monoisotopic (exact) mass is 287 g/mol. The minimum Gasteiger partial charge on any atom is -0.319 e. The topological polar surface area (TPSA) is 64.9 Å². The van der Waals surface area contributed by atoms with Crippen LogP contribution in [0.5, 0.6) is 0 Å². The number of nitrogens with zero attached hydrogens (tertiary/aromatic N) is 1. The third-order valence-electron chi connectivity index (χ3n) is 3.78. The molecule has 2 amide bonds. The van der Waals surface area contributed by atoms with Gasteiger partial charge in [0.15, 0.2) is 0 Å². The van der Waals surface area contributed by atoms with E-state index in [1.807, 2.05) is 38.1 Å².